The second-order valence-corrected chi connectivity index (χ2v) is 15.7. The molecule has 7 heterocycles. The van der Waals surface area contributed by atoms with Crippen LogP contribution in [-0.4, -0.2) is 99.1 Å². The molecule has 7 rings (SSSR count). The van der Waals surface area contributed by atoms with Crippen molar-refractivity contribution in [3.05, 3.63) is 25.3 Å². The maximum Gasteiger partial charge on any atom is 0.386 e. The van der Waals surface area contributed by atoms with Crippen LogP contribution in [0.15, 0.2) is 25.3 Å². The van der Waals surface area contributed by atoms with Crippen molar-refractivity contribution in [3.63, 3.8) is 0 Å². The highest BCUT2D eigenvalue weighted by molar-refractivity contribution is 8.44. The summed E-state index contributed by atoms with van der Waals surface area (Å²) in [6.07, 6.45) is -5.50. The predicted molar refractivity (Wildman–Crippen MR) is 154 cm³/mol. The molecule has 0 bridgehead atoms. The van der Waals surface area contributed by atoms with E-state index in [0.29, 0.717) is 0 Å². The number of hydrogen-bond donors (Lipinski definition) is 6. The molecule has 24 heteroatoms. The van der Waals surface area contributed by atoms with Gasteiger partial charge < -0.3 is 31.2 Å². The topological polar surface area (TPSA) is 269 Å². The van der Waals surface area contributed by atoms with Crippen molar-refractivity contribution in [2.75, 3.05) is 24.7 Å². The molecule has 0 aliphatic carbocycles. The van der Waals surface area contributed by atoms with Crippen LogP contribution < -0.4 is 11.5 Å². The zero-order chi connectivity index (χ0) is 31.0. The van der Waals surface area contributed by atoms with Crippen molar-refractivity contribution in [1.29, 1.82) is 0 Å². The minimum absolute atomic E-state index is 0.101. The monoisotopic (exact) mass is 690 g/mol. The second kappa shape index (κ2) is 11.1. The number of imidazole rings is 2. The Hall–Kier alpha value is -2.46. The van der Waals surface area contributed by atoms with Gasteiger partial charge in [0.05, 0.1) is 25.9 Å². The highest BCUT2D eigenvalue weighted by atomic mass is 32.7. The van der Waals surface area contributed by atoms with E-state index in [1.54, 1.807) is 0 Å². The van der Waals surface area contributed by atoms with Gasteiger partial charge in [0.15, 0.2) is 35.4 Å². The van der Waals surface area contributed by atoms with Crippen molar-refractivity contribution in [3.8, 4) is 0 Å². The minimum Gasteiger partial charge on any atom is -0.386 e. The third-order valence-corrected chi connectivity index (χ3v) is 10.5. The Balaban J connectivity index is 1.17. The number of anilines is 2. The van der Waals surface area contributed by atoms with Crippen LogP contribution in [0.4, 0.5) is 11.6 Å². The fraction of sp³-hybridized carbons (Fsp3) is 0.500. The molecule has 6 N–H and O–H groups in total. The number of rotatable bonds is 2. The number of nitrogens with two attached hydrogens (primary N) is 2. The molecule has 44 heavy (non-hydrogen) atoms. The summed E-state index contributed by atoms with van der Waals surface area (Å²) in [5.41, 5.74) is 12.7. The molecule has 3 unspecified atom stereocenters. The Labute approximate surface area is 256 Å². The first-order chi connectivity index (χ1) is 20.9. The van der Waals surface area contributed by atoms with Gasteiger partial charge >= 0.3 is 13.6 Å². The number of fused-ring (bicyclic) bond motifs is 4. The first-order valence-electron chi connectivity index (χ1n) is 12.8. The zero-order valence-electron chi connectivity index (χ0n) is 22.0. The number of aliphatic hydroxyl groups excluding tert-OH is 2. The summed E-state index contributed by atoms with van der Waals surface area (Å²) in [5.74, 6) is 0.203. The van der Waals surface area contributed by atoms with Crippen LogP contribution >= 0.6 is 38.1 Å². The number of hydrogen-bond acceptors (Lipinski definition) is 18. The lowest BCUT2D eigenvalue weighted by molar-refractivity contribution is -0.0561. The Morgan fingerprint density at radius 2 is 1.14 bits per heavy atom. The molecule has 3 aliphatic heterocycles. The largest absolute Gasteiger partial charge is 0.386 e. The van der Waals surface area contributed by atoms with Crippen molar-refractivity contribution in [2.45, 2.75) is 49.1 Å². The number of ether oxygens (including phenoxy) is 2. The molecule has 3 aliphatic rings. The third-order valence-electron chi connectivity index (χ3n) is 7.26. The summed E-state index contributed by atoms with van der Waals surface area (Å²) in [7, 11) is 0. The van der Waals surface area contributed by atoms with Gasteiger partial charge in [-0.2, -0.15) is 0 Å². The Bertz CT molecular complexity index is 1700. The second-order valence-electron chi connectivity index (χ2n) is 9.95. The normalized spacial score (nSPS) is 38.3. The molecule has 0 spiro atoms. The maximum atomic E-state index is 13.4. The van der Waals surface area contributed by atoms with Crippen LogP contribution in [0, 0.1) is 0 Å². The lowest BCUT2D eigenvalue weighted by atomic mass is 10.1. The molecule has 4 aromatic heterocycles. The number of nitrogen functional groups attached to an aromatic ring is 2. The smallest absolute Gasteiger partial charge is 0.386 e. The first-order valence-corrected chi connectivity index (χ1v) is 18.2. The average Bonchev–Trinajstić information content (AvgIpc) is 3.73. The van der Waals surface area contributed by atoms with Gasteiger partial charge in [0.25, 0.3) is 0 Å². The standard InChI is InChI=1S/C20H24N10O10P2S2/c21-15-9-17(25-3-23-15)29(5-27-9)19-11(31)13-7(37-19)1-35-41(33,43)40-14-8(2-36-42(34,44)39-13)38-20(12(14)32)30-6-28-10-16(22)24-4-26-18(10)30/h3-8,11-14,19-20,31-32H,1-2H2,(H,33,43)(H,34,44)(H2,21,23,25)(H2,22,24,26)/t7-,8?,11-,12-,13-,14-,19-,20-,41?,42?/m1/s1. The molecule has 3 saturated heterocycles. The van der Waals surface area contributed by atoms with Gasteiger partial charge in [0.1, 0.15) is 60.3 Å². The van der Waals surface area contributed by atoms with Gasteiger partial charge in [-0.15, -0.1) is 0 Å². The molecular weight excluding hydrogens is 666 g/mol. The molecular formula is C20H24N10O10P2S2. The molecule has 236 valence electrons. The Kier molecular flexibility index (Phi) is 7.63. The number of thiol groups is 2. The molecule has 10 atom stereocenters. The lowest BCUT2D eigenvalue weighted by Crippen LogP contribution is -2.38. The van der Waals surface area contributed by atoms with E-state index >= 15 is 0 Å². The summed E-state index contributed by atoms with van der Waals surface area (Å²) in [6, 6.07) is 0. The van der Waals surface area contributed by atoms with Gasteiger partial charge in [-0.05, 0) is 0 Å². The van der Waals surface area contributed by atoms with Crippen molar-refractivity contribution in [1.82, 2.24) is 39.0 Å². The van der Waals surface area contributed by atoms with E-state index in [2.05, 4.69) is 54.4 Å². The van der Waals surface area contributed by atoms with Crippen LogP contribution in [0.1, 0.15) is 12.5 Å². The lowest BCUT2D eigenvalue weighted by Gasteiger charge is -2.28. The molecule has 0 amide bonds. The number of aromatic nitrogens is 8. The molecule has 0 saturated carbocycles. The zero-order valence-corrected chi connectivity index (χ0v) is 25.6. The summed E-state index contributed by atoms with van der Waals surface area (Å²) in [5, 5.41) is 22.5. The summed E-state index contributed by atoms with van der Waals surface area (Å²) in [6.45, 7) is -9.59. The Morgan fingerprint density at radius 1 is 0.727 bits per heavy atom. The summed E-state index contributed by atoms with van der Waals surface area (Å²) < 4.78 is 63.9. The first kappa shape index (κ1) is 30.2. The van der Waals surface area contributed by atoms with Crippen molar-refractivity contribution < 1.29 is 46.9 Å². The van der Waals surface area contributed by atoms with Crippen LogP contribution in [-0.2, 0) is 36.7 Å². The van der Waals surface area contributed by atoms with Gasteiger partial charge in [-0.3, -0.25) is 27.2 Å². The SMILES string of the molecule is Nc1ncnc2c1ncn2[C@@H]1O[C@@H]2COP(=O)(S)O[C@@H]3C(COP(=O)(S)O[C@H]2[C@H]1O)O[C@@H](n1cnc2c(N)ncnc21)[C@@H]3O. The van der Waals surface area contributed by atoms with E-state index in [0.717, 1.165) is 0 Å². The average molecular weight is 691 g/mol. The molecule has 0 aromatic carbocycles. The molecule has 4 aromatic rings. The number of aliphatic hydroxyl groups is 2. The molecule has 20 nitrogen and oxygen atoms in total. The van der Waals surface area contributed by atoms with E-state index in [1.165, 1.54) is 34.4 Å². The predicted octanol–water partition coefficient (Wildman–Crippen LogP) is 0.240. The fourth-order valence-electron chi connectivity index (χ4n) is 5.24. The van der Waals surface area contributed by atoms with Gasteiger partial charge in [-0.25, -0.2) is 39.0 Å². The quantitative estimate of drug-likeness (QED) is 0.121. The van der Waals surface area contributed by atoms with Crippen LogP contribution in [0.5, 0.6) is 0 Å². The highest BCUT2D eigenvalue weighted by Gasteiger charge is 2.53. The molecule has 0 radical (unpaired) electrons. The van der Waals surface area contributed by atoms with E-state index in [-0.39, 0.29) is 34.0 Å². The maximum absolute atomic E-state index is 13.4. The van der Waals surface area contributed by atoms with Crippen LogP contribution in [0.2, 0.25) is 0 Å². The van der Waals surface area contributed by atoms with Crippen molar-refractivity contribution >= 4 is 72.1 Å². The van der Waals surface area contributed by atoms with Gasteiger partial charge in [-0.1, -0.05) is 24.5 Å². The fourth-order valence-corrected chi connectivity index (χ4v) is 8.23. The van der Waals surface area contributed by atoms with E-state index in [9.17, 15) is 19.3 Å². The van der Waals surface area contributed by atoms with E-state index in [4.69, 9.17) is 39.0 Å². The van der Waals surface area contributed by atoms with Gasteiger partial charge in [0, 0.05) is 0 Å². The molecule has 3 fully saturated rings. The summed E-state index contributed by atoms with van der Waals surface area (Å²) in [4.78, 5) is 24.4. The van der Waals surface area contributed by atoms with E-state index < -0.39 is 75.9 Å². The summed E-state index contributed by atoms with van der Waals surface area (Å²) >= 11 is 8.16. The Morgan fingerprint density at radius 3 is 1.55 bits per heavy atom. The third kappa shape index (κ3) is 5.27. The van der Waals surface area contributed by atoms with Gasteiger partial charge in [0.2, 0.25) is 0 Å². The van der Waals surface area contributed by atoms with Crippen LogP contribution in [0.25, 0.3) is 22.3 Å². The number of nitrogens with zero attached hydrogens (tertiary/aromatic N) is 8. The van der Waals surface area contributed by atoms with Crippen molar-refractivity contribution in [2.24, 2.45) is 0 Å². The highest BCUT2D eigenvalue weighted by Crippen LogP contribution is 2.60. The minimum atomic E-state index is -4.26. The van der Waals surface area contributed by atoms with Crippen LogP contribution in [0.3, 0.4) is 0 Å². The van der Waals surface area contributed by atoms with E-state index in [1.807, 2.05) is 0 Å².